The standard InChI is InChI=1S/C13H19N/c1-13(14)10-6-5-9-12(13)11-7-3-2-4-8-11/h2-4,7-8,12H,5-6,9-10,14H2,1H3. The van der Waals surface area contributed by atoms with Gasteiger partial charge in [-0.3, -0.25) is 0 Å². The third-order valence-electron chi connectivity index (χ3n) is 3.46. The zero-order valence-corrected chi connectivity index (χ0v) is 8.87. The average molecular weight is 189 g/mol. The van der Waals surface area contributed by atoms with Crippen LogP contribution < -0.4 is 5.73 Å². The summed E-state index contributed by atoms with van der Waals surface area (Å²) in [6, 6.07) is 10.7. The molecule has 2 rings (SSSR count). The first kappa shape index (κ1) is 9.72. The normalized spacial score (nSPS) is 32.9. The van der Waals surface area contributed by atoms with Gasteiger partial charge in [-0.05, 0) is 25.3 Å². The van der Waals surface area contributed by atoms with Gasteiger partial charge in [0.1, 0.15) is 0 Å². The van der Waals surface area contributed by atoms with E-state index in [-0.39, 0.29) is 5.54 Å². The van der Waals surface area contributed by atoms with Crippen molar-refractivity contribution < 1.29 is 0 Å². The summed E-state index contributed by atoms with van der Waals surface area (Å²) < 4.78 is 0. The second-order valence-corrected chi connectivity index (χ2v) is 4.71. The summed E-state index contributed by atoms with van der Waals surface area (Å²) >= 11 is 0. The number of rotatable bonds is 1. The van der Waals surface area contributed by atoms with E-state index in [9.17, 15) is 0 Å². The van der Waals surface area contributed by atoms with Gasteiger partial charge in [-0.2, -0.15) is 0 Å². The summed E-state index contributed by atoms with van der Waals surface area (Å²) in [5.74, 6) is 0.553. The molecule has 0 heterocycles. The van der Waals surface area contributed by atoms with E-state index in [1.165, 1.54) is 24.8 Å². The topological polar surface area (TPSA) is 26.0 Å². The second kappa shape index (κ2) is 3.74. The molecule has 1 fully saturated rings. The minimum Gasteiger partial charge on any atom is -0.325 e. The van der Waals surface area contributed by atoms with Crippen molar-refractivity contribution >= 4 is 0 Å². The van der Waals surface area contributed by atoms with Crippen LogP contribution in [0.4, 0.5) is 0 Å². The van der Waals surface area contributed by atoms with Crippen LogP contribution in [-0.4, -0.2) is 5.54 Å². The SMILES string of the molecule is CC1(N)CCCCC1c1ccccc1. The lowest BCUT2D eigenvalue weighted by molar-refractivity contribution is 0.274. The first-order valence-electron chi connectivity index (χ1n) is 5.54. The van der Waals surface area contributed by atoms with Gasteiger partial charge in [-0.25, -0.2) is 0 Å². The fraction of sp³-hybridized carbons (Fsp3) is 0.538. The summed E-state index contributed by atoms with van der Waals surface area (Å²) in [4.78, 5) is 0. The molecular weight excluding hydrogens is 170 g/mol. The predicted molar refractivity (Wildman–Crippen MR) is 60.2 cm³/mol. The molecule has 2 atom stereocenters. The first-order valence-corrected chi connectivity index (χ1v) is 5.54. The van der Waals surface area contributed by atoms with Gasteiger partial charge in [-0.15, -0.1) is 0 Å². The molecule has 0 radical (unpaired) electrons. The van der Waals surface area contributed by atoms with Crippen molar-refractivity contribution in [2.24, 2.45) is 5.73 Å². The maximum Gasteiger partial charge on any atom is 0.0195 e. The highest BCUT2D eigenvalue weighted by Crippen LogP contribution is 2.38. The Balaban J connectivity index is 2.24. The molecule has 1 aromatic carbocycles. The Kier molecular flexibility index (Phi) is 2.60. The van der Waals surface area contributed by atoms with Crippen LogP contribution in [0.15, 0.2) is 30.3 Å². The average Bonchev–Trinajstić information content (AvgIpc) is 2.18. The number of hydrogen-bond donors (Lipinski definition) is 1. The second-order valence-electron chi connectivity index (χ2n) is 4.71. The summed E-state index contributed by atoms with van der Waals surface area (Å²) in [7, 11) is 0. The van der Waals surface area contributed by atoms with E-state index < -0.39 is 0 Å². The first-order chi connectivity index (χ1) is 6.70. The maximum absolute atomic E-state index is 6.35. The van der Waals surface area contributed by atoms with Gasteiger partial charge in [0.2, 0.25) is 0 Å². The molecule has 1 aliphatic rings. The van der Waals surface area contributed by atoms with E-state index in [1.807, 2.05) is 0 Å². The van der Waals surface area contributed by atoms with Crippen molar-refractivity contribution in [2.45, 2.75) is 44.1 Å². The Morgan fingerprint density at radius 1 is 1.21 bits per heavy atom. The van der Waals surface area contributed by atoms with Crippen LogP contribution in [0, 0.1) is 0 Å². The molecule has 0 bridgehead atoms. The largest absolute Gasteiger partial charge is 0.325 e. The lowest BCUT2D eigenvalue weighted by atomic mass is 9.71. The molecule has 1 heteroatoms. The number of nitrogens with two attached hydrogens (primary N) is 1. The molecule has 0 spiro atoms. The maximum atomic E-state index is 6.35. The highest BCUT2D eigenvalue weighted by atomic mass is 14.7. The van der Waals surface area contributed by atoms with Crippen LogP contribution in [0.25, 0.3) is 0 Å². The van der Waals surface area contributed by atoms with E-state index in [1.54, 1.807) is 0 Å². The molecule has 1 nitrogen and oxygen atoms in total. The van der Waals surface area contributed by atoms with Crippen LogP contribution in [0.3, 0.4) is 0 Å². The van der Waals surface area contributed by atoms with Crippen molar-refractivity contribution in [3.05, 3.63) is 35.9 Å². The summed E-state index contributed by atoms with van der Waals surface area (Å²) in [5, 5.41) is 0. The van der Waals surface area contributed by atoms with Gasteiger partial charge >= 0.3 is 0 Å². The highest BCUT2D eigenvalue weighted by Gasteiger charge is 2.33. The third kappa shape index (κ3) is 1.83. The zero-order valence-electron chi connectivity index (χ0n) is 8.87. The summed E-state index contributed by atoms with van der Waals surface area (Å²) in [5.41, 5.74) is 7.77. The van der Waals surface area contributed by atoms with Gasteiger partial charge in [0.05, 0.1) is 0 Å². The van der Waals surface area contributed by atoms with Crippen molar-refractivity contribution in [1.82, 2.24) is 0 Å². The molecule has 2 unspecified atom stereocenters. The summed E-state index contributed by atoms with van der Waals surface area (Å²) in [6.07, 6.45) is 5.02. The molecule has 0 aromatic heterocycles. The Bertz CT molecular complexity index is 289. The zero-order chi connectivity index (χ0) is 10.0. The fourth-order valence-electron chi connectivity index (χ4n) is 2.59. The lowest BCUT2D eigenvalue weighted by Gasteiger charge is -2.38. The fourth-order valence-corrected chi connectivity index (χ4v) is 2.59. The van der Waals surface area contributed by atoms with Crippen LogP contribution in [0.5, 0.6) is 0 Å². The molecular formula is C13H19N. The van der Waals surface area contributed by atoms with Gasteiger partial charge in [-0.1, -0.05) is 43.2 Å². The lowest BCUT2D eigenvalue weighted by Crippen LogP contribution is -2.44. The van der Waals surface area contributed by atoms with Crippen LogP contribution >= 0.6 is 0 Å². The summed E-state index contributed by atoms with van der Waals surface area (Å²) in [6.45, 7) is 2.20. The highest BCUT2D eigenvalue weighted by molar-refractivity contribution is 5.24. The Morgan fingerprint density at radius 2 is 1.93 bits per heavy atom. The van der Waals surface area contributed by atoms with Crippen LogP contribution in [-0.2, 0) is 0 Å². The third-order valence-corrected chi connectivity index (χ3v) is 3.46. The van der Waals surface area contributed by atoms with E-state index >= 15 is 0 Å². The Hall–Kier alpha value is -0.820. The monoisotopic (exact) mass is 189 g/mol. The molecule has 1 aromatic rings. The number of benzene rings is 1. The van der Waals surface area contributed by atoms with Gasteiger partial charge in [0.15, 0.2) is 0 Å². The van der Waals surface area contributed by atoms with E-state index in [2.05, 4.69) is 37.3 Å². The Morgan fingerprint density at radius 3 is 2.57 bits per heavy atom. The molecule has 76 valence electrons. The molecule has 2 N–H and O–H groups in total. The molecule has 0 aliphatic heterocycles. The predicted octanol–water partition coefficient (Wildman–Crippen LogP) is 3.06. The van der Waals surface area contributed by atoms with Gasteiger partial charge < -0.3 is 5.73 Å². The van der Waals surface area contributed by atoms with E-state index in [4.69, 9.17) is 5.73 Å². The van der Waals surface area contributed by atoms with Crippen LogP contribution in [0.1, 0.15) is 44.1 Å². The minimum atomic E-state index is -0.000394. The molecule has 1 aliphatic carbocycles. The van der Waals surface area contributed by atoms with E-state index in [0.717, 1.165) is 6.42 Å². The van der Waals surface area contributed by atoms with Crippen molar-refractivity contribution in [3.63, 3.8) is 0 Å². The van der Waals surface area contributed by atoms with Gasteiger partial charge in [0.25, 0.3) is 0 Å². The molecule has 0 saturated heterocycles. The van der Waals surface area contributed by atoms with E-state index in [0.29, 0.717) is 5.92 Å². The smallest absolute Gasteiger partial charge is 0.0195 e. The molecule has 0 amide bonds. The molecule has 14 heavy (non-hydrogen) atoms. The van der Waals surface area contributed by atoms with Crippen molar-refractivity contribution in [3.8, 4) is 0 Å². The minimum absolute atomic E-state index is 0.000394. The quantitative estimate of drug-likeness (QED) is 0.722. The van der Waals surface area contributed by atoms with Gasteiger partial charge in [0, 0.05) is 11.5 Å². The molecule has 1 saturated carbocycles. The Labute approximate surface area is 86.3 Å². The van der Waals surface area contributed by atoms with Crippen molar-refractivity contribution in [2.75, 3.05) is 0 Å². The number of hydrogen-bond acceptors (Lipinski definition) is 1. The van der Waals surface area contributed by atoms with Crippen LogP contribution in [0.2, 0.25) is 0 Å². The van der Waals surface area contributed by atoms with Crippen molar-refractivity contribution in [1.29, 1.82) is 0 Å².